The third-order valence-corrected chi connectivity index (χ3v) is 8.03. The number of hydrogen-bond acceptors (Lipinski definition) is 8. The molecule has 4 aromatic rings. The zero-order valence-electron chi connectivity index (χ0n) is 20.1. The highest BCUT2D eigenvalue weighted by Crippen LogP contribution is 2.24. The van der Waals surface area contributed by atoms with Gasteiger partial charge in [0, 0.05) is 36.3 Å². The van der Waals surface area contributed by atoms with Crippen LogP contribution in [0.25, 0.3) is 22.5 Å². The van der Waals surface area contributed by atoms with Crippen molar-refractivity contribution in [2.24, 2.45) is 0 Å². The molecule has 1 aliphatic heterocycles. The first-order valence-electron chi connectivity index (χ1n) is 11.7. The van der Waals surface area contributed by atoms with Gasteiger partial charge in [0.15, 0.2) is 4.67 Å². The molecule has 4 heterocycles. The van der Waals surface area contributed by atoms with E-state index in [4.69, 9.17) is 4.42 Å². The molecule has 38 heavy (non-hydrogen) atoms. The molecule has 1 N–H and O–H groups in total. The molecule has 0 unspecified atom stereocenters. The average molecular weight is 609 g/mol. The predicted octanol–water partition coefficient (Wildman–Crippen LogP) is 4.03. The maximum absolute atomic E-state index is 13.7. The summed E-state index contributed by atoms with van der Waals surface area (Å²) >= 11 is 3.21. The van der Waals surface area contributed by atoms with Crippen LogP contribution in [0, 0.1) is 0 Å². The van der Waals surface area contributed by atoms with Crippen molar-refractivity contribution in [3.8, 4) is 11.5 Å². The van der Waals surface area contributed by atoms with Crippen molar-refractivity contribution in [1.29, 1.82) is 0 Å². The number of fused-ring (bicyclic) bond motifs is 1. The zero-order chi connectivity index (χ0) is 27.0. The Morgan fingerprint density at radius 1 is 1.16 bits per heavy atom. The molecule has 1 aliphatic rings. The molecular formula is C24H23BrF2N6O4S. The van der Waals surface area contributed by atoms with E-state index in [1.807, 2.05) is 0 Å². The van der Waals surface area contributed by atoms with E-state index in [-0.39, 0.29) is 24.2 Å². The van der Waals surface area contributed by atoms with Gasteiger partial charge in [-0.05, 0) is 52.5 Å². The van der Waals surface area contributed by atoms with Crippen molar-refractivity contribution in [2.75, 3.05) is 24.7 Å². The van der Waals surface area contributed by atoms with Gasteiger partial charge in [0.05, 0.1) is 24.6 Å². The Labute approximate surface area is 224 Å². The number of anilines is 1. The van der Waals surface area contributed by atoms with Gasteiger partial charge in [-0.2, -0.15) is 4.98 Å². The van der Waals surface area contributed by atoms with Crippen LogP contribution in [0.5, 0.6) is 0 Å². The SMILES string of the molecule is CS(=O)(=O)N1CCC(Nc2ncc3cc(C(F)F)c(=O)n(Cc4ccc(-c5ncc(Br)o5)cc4)c3n2)CC1. The summed E-state index contributed by atoms with van der Waals surface area (Å²) in [5.74, 6) is 0.648. The van der Waals surface area contributed by atoms with Crippen LogP contribution in [0.2, 0.25) is 0 Å². The molecule has 0 bridgehead atoms. The Bertz CT molecular complexity index is 1630. The molecule has 0 saturated carbocycles. The number of halogens is 3. The molecule has 200 valence electrons. The largest absolute Gasteiger partial charge is 0.429 e. The molecule has 5 rings (SSSR count). The van der Waals surface area contributed by atoms with E-state index >= 15 is 0 Å². The molecule has 0 aliphatic carbocycles. The summed E-state index contributed by atoms with van der Waals surface area (Å²) in [5.41, 5.74) is 0.158. The van der Waals surface area contributed by atoms with Gasteiger partial charge in [-0.15, -0.1) is 0 Å². The van der Waals surface area contributed by atoms with E-state index in [1.165, 1.54) is 27.5 Å². The second kappa shape index (κ2) is 10.5. The maximum atomic E-state index is 13.7. The number of alkyl halides is 2. The Hall–Kier alpha value is -3.23. The average Bonchev–Trinajstić information content (AvgIpc) is 3.32. The van der Waals surface area contributed by atoms with E-state index < -0.39 is 27.6 Å². The van der Waals surface area contributed by atoms with Crippen molar-refractivity contribution < 1.29 is 21.6 Å². The Morgan fingerprint density at radius 3 is 2.47 bits per heavy atom. The fourth-order valence-corrected chi connectivity index (χ4v) is 5.52. The van der Waals surface area contributed by atoms with Gasteiger partial charge in [0.2, 0.25) is 21.9 Å². The fourth-order valence-electron chi connectivity index (χ4n) is 4.39. The van der Waals surface area contributed by atoms with E-state index in [1.54, 1.807) is 24.3 Å². The van der Waals surface area contributed by atoms with Gasteiger partial charge in [0.25, 0.3) is 12.0 Å². The van der Waals surface area contributed by atoms with Crippen LogP contribution in [-0.2, 0) is 16.6 Å². The number of pyridine rings is 1. The molecule has 1 aromatic carbocycles. The monoisotopic (exact) mass is 608 g/mol. The normalized spacial score (nSPS) is 15.4. The third kappa shape index (κ3) is 5.61. The summed E-state index contributed by atoms with van der Waals surface area (Å²) in [6.45, 7) is 0.745. The molecule has 14 heteroatoms. The number of hydrogen-bond donors (Lipinski definition) is 1. The molecule has 1 fully saturated rings. The second-order valence-electron chi connectivity index (χ2n) is 9.01. The zero-order valence-corrected chi connectivity index (χ0v) is 22.5. The van der Waals surface area contributed by atoms with Crippen LogP contribution < -0.4 is 10.9 Å². The molecule has 0 spiro atoms. The van der Waals surface area contributed by atoms with Gasteiger partial charge >= 0.3 is 0 Å². The molecule has 0 radical (unpaired) electrons. The van der Waals surface area contributed by atoms with Crippen LogP contribution in [0.4, 0.5) is 14.7 Å². The van der Waals surface area contributed by atoms with Gasteiger partial charge in [-0.3, -0.25) is 9.36 Å². The number of benzene rings is 1. The first-order valence-corrected chi connectivity index (χ1v) is 14.3. The number of aromatic nitrogens is 4. The van der Waals surface area contributed by atoms with Crippen LogP contribution >= 0.6 is 15.9 Å². The first kappa shape index (κ1) is 26.4. The lowest BCUT2D eigenvalue weighted by Crippen LogP contribution is -2.42. The summed E-state index contributed by atoms with van der Waals surface area (Å²) in [7, 11) is -3.26. The maximum Gasteiger partial charge on any atom is 0.269 e. The van der Waals surface area contributed by atoms with Crippen LogP contribution in [0.1, 0.15) is 30.4 Å². The smallest absolute Gasteiger partial charge is 0.269 e. The van der Waals surface area contributed by atoms with Gasteiger partial charge in [-0.1, -0.05) is 12.1 Å². The van der Waals surface area contributed by atoms with E-state index in [2.05, 4.69) is 36.2 Å². The van der Waals surface area contributed by atoms with Crippen molar-refractivity contribution in [3.05, 3.63) is 68.9 Å². The highest BCUT2D eigenvalue weighted by atomic mass is 79.9. The Morgan fingerprint density at radius 2 is 1.87 bits per heavy atom. The number of sulfonamides is 1. The Kier molecular flexibility index (Phi) is 7.29. The number of piperidine rings is 1. The lowest BCUT2D eigenvalue weighted by molar-refractivity contribution is 0.149. The van der Waals surface area contributed by atoms with Gasteiger partial charge in [-0.25, -0.2) is 31.5 Å². The summed E-state index contributed by atoms with van der Waals surface area (Å²) in [6.07, 6.45) is 2.27. The number of rotatable bonds is 7. The minimum Gasteiger partial charge on any atom is -0.429 e. The van der Waals surface area contributed by atoms with E-state index in [0.29, 0.717) is 53.0 Å². The fraction of sp³-hybridized carbons (Fsp3) is 0.333. The highest BCUT2D eigenvalue weighted by molar-refractivity contribution is 9.10. The lowest BCUT2D eigenvalue weighted by atomic mass is 10.1. The number of nitrogens with zero attached hydrogens (tertiary/aromatic N) is 5. The highest BCUT2D eigenvalue weighted by Gasteiger charge is 2.25. The predicted molar refractivity (Wildman–Crippen MR) is 141 cm³/mol. The molecule has 1 saturated heterocycles. The molecule has 0 atom stereocenters. The summed E-state index contributed by atoms with van der Waals surface area (Å²) in [4.78, 5) is 26.0. The topological polar surface area (TPSA) is 123 Å². The third-order valence-electron chi connectivity index (χ3n) is 6.37. The van der Waals surface area contributed by atoms with Crippen molar-refractivity contribution in [3.63, 3.8) is 0 Å². The van der Waals surface area contributed by atoms with Crippen LogP contribution in [0.15, 0.2) is 56.6 Å². The van der Waals surface area contributed by atoms with Crippen molar-refractivity contribution in [1.82, 2.24) is 23.8 Å². The first-order chi connectivity index (χ1) is 18.1. The minimum atomic E-state index is -3.26. The van der Waals surface area contributed by atoms with Crippen LogP contribution in [-0.4, -0.2) is 57.6 Å². The Balaban J connectivity index is 1.44. The second-order valence-corrected chi connectivity index (χ2v) is 11.8. The number of oxazole rings is 1. The van der Waals surface area contributed by atoms with Crippen LogP contribution in [0.3, 0.4) is 0 Å². The van der Waals surface area contributed by atoms with Crippen molar-refractivity contribution in [2.45, 2.75) is 31.9 Å². The van der Waals surface area contributed by atoms with Gasteiger partial charge < -0.3 is 9.73 Å². The van der Waals surface area contributed by atoms with Gasteiger partial charge in [0.1, 0.15) is 5.65 Å². The van der Waals surface area contributed by atoms with Crippen molar-refractivity contribution >= 4 is 42.9 Å². The minimum absolute atomic E-state index is 0.00858. The summed E-state index contributed by atoms with van der Waals surface area (Å²) in [5, 5.41) is 3.50. The van der Waals surface area contributed by atoms with E-state index in [0.717, 1.165) is 6.07 Å². The summed E-state index contributed by atoms with van der Waals surface area (Å²) in [6, 6.07) is 8.10. The molecule has 0 amide bonds. The molecule has 3 aromatic heterocycles. The summed E-state index contributed by atoms with van der Waals surface area (Å²) < 4.78 is 59.5. The van der Waals surface area contributed by atoms with E-state index in [9.17, 15) is 22.0 Å². The molecular weight excluding hydrogens is 586 g/mol. The lowest BCUT2D eigenvalue weighted by Gasteiger charge is -2.30. The molecule has 10 nitrogen and oxygen atoms in total. The number of nitrogens with one attached hydrogen (secondary N) is 1. The standard InChI is InChI=1S/C24H23BrF2N6O4S/c1-38(35,36)32-8-6-17(7-9-32)30-24-29-11-16-10-18(20(26)27)23(34)33(21(16)31-24)13-14-2-4-15(5-3-14)22-28-12-19(25)37-22/h2-5,10-12,17,20H,6-9,13H2,1H3,(H,29,30,31). The quantitative estimate of drug-likeness (QED) is 0.333.